The van der Waals surface area contributed by atoms with E-state index in [-0.39, 0.29) is 5.91 Å². The minimum absolute atomic E-state index is 0.149. The summed E-state index contributed by atoms with van der Waals surface area (Å²) in [6.07, 6.45) is 5.42. The zero-order chi connectivity index (χ0) is 16.4. The molecule has 3 nitrogen and oxygen atoms in total. The topological polar surface area (TPSA) is 23.6 Å². The molecule has 2 atom stereocenters. The first-order valence-corrected chi connectivity index (χ1v) is 9.23. The van der Waals surface area contributed by atoms with Gasteiger partial charge >= 0.3 is 0 Å². The van der Waals surface area contributed by atoms with Crippen molar-refractivity contribution in [2.24, 2.45) is 5.92 Å². The van der Waals surface area contributed by atoms with Gasteiger partial charge in [-0.3, -0.25) is 9.69 Å². The van der Waals surface area contributed by atoms with E-state index >= 15 is 0 Å². The lowest BCUT2D eigenvalue weighted by atomic mass is 9.84. The normalized spacial score (nSPS) is 26.3. The number of amides is 1. The van der Waals surface area contributed by atoms with Gasteiger partial charge in [0.1, 0.15) is 0 Å². The van der Waals surface area contributed by atoms with E-state index in [0.29, 0.717) is 5.02 Å². The molecule has 2 unspecified atom stereocenters. The highest BCUT2D eigenvalue weighted by Crippen LogP contribution is 2.29. The summed E-state index contributed by atoms with van der Waals surface area (Å²) in [5.74, 6) is 0.944. The fourth-order valence-electron chi connectivity index (χ4n) is 4.13. The van der Waals surface area contributed by atoms with Crippen LogP contribution in [0.4, 0.5) is 0 Å². The number of carbonyl (C=O) groups is 1. The average Bonchev–Trinajstić information content (AvgIpc) is 2.55. The van der Waals surface area contributed by atoms with Crippen LogP contribution >= 0.6 is 11.6 Å². The zero-order valence-electron chi connectivity index (χ0n) is 14.2. The van der Waals surface area contributed by atoms with Crippen LogP contribution in [0.15, 0.2) is 18.2 Å². The lowest BCUT2D eigenvalue weighted by molar-refractivity contribution is 0.0423. The van der Waals surface area contributed by atoms with E-state index in [4.69, 9.17) is 11.6 Å². The van der Waals surface area contributed by atoms with Gasteiger partial charge in [-0.2, -0.15) is 0 Å². The molecule has 1 amide bonds. The number of hydrogen-bond donors (Lipinski definition) is 0. The van der Waals surface area contributed by atoms with Gasteiger partial charge in [0, 0.05) is 42.8 Å². The Kier molecular flexibility index (Phi) is 5.27. The Hall–Kier alpha value is -1.06. The summed E-state index contributed by atoms with van der Waals surface area (Å²) < 4.78 is 0. The van der Waals surface area contributed by atoms with E-state index in [2.05, 4.69) is 11.8 Å². The molecule has 1 aliphatic carbocycles. The van der Waals surface area contributed by atoms with Gasteiger partial charge in [0.25, 0.3) is 5.91 Å². The SMILES string of the molecule is Cc1cc(Cl)ccc1C(=O)N1CCN(C2CCCCC2C)CC1. The summed E-state index contributed by atoms with van der Waals surface area (Å²) in [4.78, 5) is 17.4. The molecule has 1 saturated heterocycles. The second-order valence-electron chi connectivity index (χ2n) is 7.12. The fraction of sp³-hybridized carbons (Fsp3) is 0.632. The third-order valence-electron chi connectivity index (χ3n) is 5.56. The molecule has 1 heterocycles. The summed E-state index contributed by atoms with van der Waals surface area (Å²) in [6.45, 7) is 8.03. The third kappa shape index (κ3) is 3.72. The fourth-order valence-corrected chi connectivity index (χ4v) is 4.36. The van der Waals surface area contributed by atoms with E-state index in [0.717, 1.165) is 49.3 Å². The van der Waals surface area contributed by atoms with Crippen LogP contribution in [0.5, 0.6) is 0 Å². The van der Waals surface area contributed by atoms with Gasteiger partial charge in [0.2, 0.25) is 0 Å². The van der Waals surface area contributed by atoms with Crippen LogP contribution < -0.4 is 0 Å². The Labute approximate surface area is 144 Å². The molecule has 2 fully saturated rings. The number of halogens is 1. The number of rotatable bonds is 2. The van der Waals surface area contributed by atoms with Gasteiger partial charge < -0.3 is 4.90 Å². The van der Waals surface area contributed by atoms with Crippen LogP contribution in [0.2, 0.25) is 5.02 Å². The van der Waals surface area contributed by atoms with Crippen molar-refractivity contribution in [3.05, 3.63) is 34.3 Å². The predicted molar refractivity (Wildman–Crippen MR) is 95.1 cm³/mol. The number of aryl methyl sites for hydroxylation is 1. The number of nitrogens with zero attached hydrogens (tertiary/aromatic N) is 2. The Balaban J connectivity index is 1.61. The van der Waals surface area contributed by atoms with Crippen molar-refractivity contribution < 1.29 is 4.79 Å². The summed E-state index contributed by atoms with van der Waals surface area (Å²) >= 11 is 5.99. The summed E-state index contributed by atoms with van der Waals surface area (Å²) in [5, 5.41) is 0.690. The summed E-state index contributed by atoms with van der Waals surface area (Å²) in [5.41, 5.74) is 1.75. The minimum Gasteiger partial charge on any atom is -0.336 e. The van der Waals surface area contributed by atoms with Crippen molar-refractivity contribution in [2.75, 3.05) is 26.2 Å². The van der Waals surface area contributed by atoms with Crippen molar-refractivity contribution >= 4 is 17.5 Å². The van der Waals surface area contributed by atoms with Crippen molar-refractivity contribution in [3.63, 3.8) is 0 Å². The molecule has 2 aliphatic rings. The molecule has 0 radical (unpaired) electrons. The van der Waals surface area contributed by atoms with Gasteiger partial charge in [-0.15, -0.1) is 0 Å². The smallest absolute Gasteiger partial charge is 0.254 e. The number of carbonyl (C=O) groups excluding carboxylic acids is 1. The number of hydrogen-bond acceptors (Lipinski definition) is 2. The third-order valence-corrected chi connectivity index (χ3v) is 5.79. The standard InChI is InChI=1S/C19H27ClN2O/c1-14-5-3-4-6-18(14)21-9-11-22(12-10-21)19(23)17-8-7-16(20)13-15(17)2/h7-8,13-14,18H,3-6,9-12H2,1-2H3. The van der Waals surface area contributed by atoms with Crippen LogP contribution in [-0.2, 0) is 0 Å². The Bertz CT molecular complexity index is 566. The van der Waals surface area contributed by atoms with Gasteiger partial charge in [0.15, 0.2) is 0 Å². The molecule has 23 heavy (non-hydrogen) atoms. The van der Waals surface area contributed by atoms with Gasteiger partial charge in [-0.1, -0.05) is 31.4 Å². The summed E-state index contributed by atoms with van der Waals surface area (Å²) in [6, 6.07) is 6.25. The van der Waals surface area contributed by atoms with E-state index < -0.39 is 0 Å². The lowest BCUT2D eigenvalue weighted by Gasteiger charge is -2.43. The van der Waals surface area contributed by atoms with Crippen molar-refractivity contribution in [1.29, 1.82) is 0 Å². The van der Waals surface area contributed by atoms with E-state index in [9.17, 15) is 4.79 Å². The summed E-state index contributed by atoms with van der Waals surface area (Å²) in [7, 11) is 0. The van der Waals surface area contributed by atoms with Crippen molar-refractivity contribution in [1.82, 2.24) is 9.80 Å². The van der Waals surface area contributed by atoms with Crippen LogP contribution in [0.25, 0.3) is 0 Å². The second kappa shape index (κ2) is 7.23. The molecule has 1 saturated carbocycles. The van der Waals surface area contributed by atoms with Gasteiger partial charge in [0.05, 0.1) is 0 Å². The highest BCUT2D eigenvalue weighted by molar-refractivity contribution is 6.30. The Morgan fingerprint density at radius 3 is 2.48 bits per heavy atom. The Morgan fingerprint density at radius 2 is 1.83 bits per heavy atom. The molecule has 0 N–H and O–H groups in total. The van der Waals surface area contributed by atoms with Crippen LogP contribution in [0, 0.1) is 12.8 Å². The first kappa shape index (κ1) is 16.8. The molecular formula is C19H27ClN2O. The molecule has 4 heteroatoms. The highest BCUT2D eigenvalue weighted by atomic mass is 35.5. The van der Waals surface area contributed by atoms with Crippen LogP contribution in [0.1, 0.15) is 48.5 Å². The number of benzene rings is 1. The largest absolute Gasteiger partial charge is 0.336 e. The first-order valence-electron chi connectivity index (χ1n) is 8.86. The monoisotopic (exact) mass is 334 g/mol. The molecule has 0 spiro atoms. The maximum absolute atomic E-state index is 12.7. The minimum atomic E-state index is 0.149. The lowest BCUT2D eigenvalue weighted by Crippen LogP contribution is -2.54. The van der Waals surface area contributed by atoms with Crippen LogP contribution in [-0.4, -0.2) is 47.9 Å². The Morgan fingerprint density at radius 1 is 1.13 bits per heavy atom. The van der Waals surface area contributed by atoms with Crippen molar-refractivity contribution in [3.8, 4) is 0 Å². The molecule has 1 aromatic carbocycles. The molecule has 126 valence electrons. The number of piperazine rings is 1. The molecule has 0 aromatic heterocycles. The molecule has 1 aromatic rings. The molecule has 1 aliphatic heterocycles. The maximum Gasteiger partial charge on any atom is 0.254 e. The van der Waals surface area contributed by atoms with E-state index in [1.165, 1.54) is 25.7 Å². The predicted octanol–water partition coefficient (Wildman–Crippen LogP) is 3.98. The van der Waals surface area contributed by atoms with Gasteiger partial charge in [-0.05, 0) is 49.4 Å². The molecular weight excluding hydrogens is 308 g/mol. The molecule has 3 rings (SSSR count). The van der Waals surface area contributed by atoms with E-state index in [1.807, 2.05) is 30.0 Å². The van der Waals surface area contributed by atoms with Crippen LogP contribution in [0.3, 0.4) is 0 Å². The zero-order valence-corrected chi connectivity index (χ0v) is 15.0. The maximum atomic E-state index is 12.7. The van der Waals surface area contributed by atoms with Crippen molar-refractivity contribution in [2.45, 2.75) is 45.6 Å². The first-order chi connectivity index (χ1) is 11.1. The second-order valence-corrected chi connectivity index (χ2v) is 7.55. The quantitative estimate of drug-likeness (QED) is 0.816. The van der Waals surface area contributed by atoms with Gasteiger partial charge in [-0.25, -0.2) is 0 Å². The van der Waals surface area contributed by atoms with E-state index in [1.54, 1.807) is 0 Å². The molecule has 0 bridgehead atoms. The average molecular weight is 335 g/mol. The highest BCUT2D eigenvalue weighted by Gasteiger charge is 2.31.